The minimum atomic E-state index is -1.08. The van der Waals surface area contributed by atoms with Gasteiger partial charge in [0, 0.05) is 12.1 Å². The van der Waals surface area contributed by atoms with Crippen LogP contribution >= 0.6 is 0 Å². The van der Waals surface area contributed by atoms with E-state index in [0.717, 1.165) is 11.3 Å². The van der Waals surface area contributed by atoms with Gasteiger partial charge in [0.15, 0.2) is 0 Å². The van der Waals surface area contributed by atoms with E-state index in [4.69, 9.17) is 14.8 Å². The van der Waals surface area contributed by atoms with E-state index in [2.05, 4.69) is 10.5 Å². The van der Waals surface area contributed by atoms with Crippen molar-refractivity contribution >= 4 is 17.3 Å². The average molecular weight is 335 g/mol. The number of carbonyl (C=O) groups excluding carboxylic acids is 1. The van der Waals surface area contributed by atoms with E-state index in [0.29, 0.717) is 23.4 Å². The minimum Gasteiger partial charge on any atom is -0.497 e. The highest BCUT2D eigenvalue weighted by molar-refractivity contribution is 6.07. The van der Waals surface area contributed by atoms with E-state index in [1.165, 1.54) is 0 Å². The molecule has 3 rings (SSSR count). The summed E-state index contributed by atoms with van der Waals surface area (Å²) < 4.78 is 5.14. The summed E-state index contributed by atoms with van der Waals surface area (Å²) in [6, 6.07) is 16.1. The predicted octanol–water partition coefficient (Wildman–Crippen LogP) is 3.09. The standard InChI is InChI=1S/C19H17N3O3/c1-19(18(23)21-15-7-3-13(12-20)4-8-15)11-17(22-25-19)14-5-9-16(24-2)10-6-14/h3-10H,11H2,1-2H3,(H,21,23). The second-order valence-electron chi connectivity index (χ2n) is 5.91. The van der Waals surface area contributed by atoms with Crippen molar-refractivity contribution in [3.63, 3.8) is 0 Å². The number of nitriles is 1. The first kappa shape index (κ1) is 16.5. The quantitative estimate of drug-likeness (QED) is 0.930. The molecule has 1 N–H and O–H groups in total. The number of methoxy groups -OCH3 is 1. The molecule has 2 aromatic rings. The van der Waals surface area contributed by atoms with E-state index >= 15 is 0 Å². The van der Waals surface area contributed by atoms with Crippen molar-refractivity contribution in [2.45, 2.75) is 18.9 Å². The van der Waals surface area contributed by atoms with E-state index in [9.17, 15) is 4.79 Å². The third-order valence-electron chi connectivity index (χ3n) is 4.04. The van der Waals surface area contributed by atoms with Gasteiger partial charge in [-0.1, -0.05) is 5.16 Å². The highest BCUT2D eigenvalue weighted by Crippen LogP contribution is 2.28. The number of ether oxygens (including phenoxy) is 1. The summed E-state index contributed by atoms with van der Waals surface area (Å²) >= 11 is 0. The monoisotopic (exact) mass is 335 g/mol. The van der Waals surface area contributed by atoms with Gasteiger partial charge in [-0.15, -0.1) is 0 Å². The zero-order chi connectivity index (χ0) is 17.9. The van der Waals surface area contributed by atoms with E-state index in [-0.39, 0.29) is 5.91 Å². The third-order valence-corrected chi connectivity index (χ3v) is 4.04. The molecular formula is C19H17N3O3. The van der Waals surface area contributed by atoms with Gasteiger partial charge in [-0.3, -0.25) is 4.79 Å². The van der Waals surface area contributed by atoms with Gasteiger partial charge < -0.3 is 14.9 Å². The fourth-order valence-corrected chi connectivity index (χ4v) is 2.49. The lowest BCUT2D eigenvalue weighted by Crippen LogP contribution is -2.40. The smallest absolute Gasteiger partial charge is 0.271 e. The maximum absolute atomic E-state index is 12.6. The van der Waals surface area contributed by atoms with Crippen molar-refractivity contribution in [1.29, 1.82) is 5.26 Å². The molecule has 2 aromatic carbocycles. The Kier molecular flexibility index (Phi) is 4.40. The molecule has 6 heteroatoms. The molecule has 0 saturated carbocycles. The molecule has 0 radical (unpaired) electrons. The number of benzene rings is 2. The predicted molar refractivity (Wildman–Crippen MR) is 93.4 cm³/mol. The molecule has 6 nitrogen and oxygen atoms in total. The van der Waals surface area contributed by atoms with Gasteiger partial charge in [0.1, 0.15) is 5.75 Å². The molecule has 1 amide bonds. The second-order valence-corrected chi connectivity index (χ2v) is 5.91. The first-order valence-electron chi connectivity index (χ1n) is 7.75. The van der Waals surface area contributed by atoms with Crippen molar-refractivity contribution < 1.29 is 14.4 Å². The van der Waals surface area contributed by atoms with Gasteiger partial charge in [0.25, 0.3) is 5.91 Å². The number of nitrogens with zero attached hydrogens (tertiary/aromatic N) is 2. The number of hydrogen-bond acceptors (Lipinski definition) is 5. The highest BCUT2D eigenvalue weighted by atomic mass is 16.7. The van der Waals surface area contributed by atoms with Crippen molar-refractivity contribution in [3.05, 3.63) is 59.7 Å². The SMILES string of the molecule is COc1ccc(C2=NOC(C)(C(=O)Nc3ccc(C#N)cc3)C2)cc1. The first-order valence-corrected chi connectivity index (χ1v) is 7.75. The zero-order valence-corrected chi connectivity index (χ0v) is 13.9. The van der Waals surface area contributed by atoms with Crippen LogP contribution in [0.25, 0.3) is 0 Å². The van der Waals surface area contributed by atoms with Crippen molar-refractivity contribution in [3.8, 4) is 11.8 Å². The third kappa shape index (κ3) is 3.45. The number of hydrogen-bond donors (Lipinski definition) is 1. The molecule has 0 saturated heterocycles. The largest absolute Gasteiger partial charge is 0.497 e. The van der Waals surface area contributed by atoms with E-state index < -0.39 is 5.60 Å². The van der Waals surface area contributed by atoms with Gasteiger partial charge in [-0.2, -0.15) is 5.26 Å². The molecule has 1 aliphatic rings. The molecule has 1 heterocycles. The Morgan fingerprint density at radius 3 is 2.52 bits per heavy atom. The van der Waals surface area contributed by atoms with Crippen molar-refractivity contribution in [2.24, 2.45) is 5.16 Å². The Morgan fingerprint density at radius 1 is 1.24 bits per heavy atom. The number of oxime groups is 1. The summed E-state index contributed by atoms with van der Waals surface area (Å²) in [4.78, 5) is 18.0. The molecule has 0 bridgehead atoms. The van der Waals surface area contributed by atoms with Crippen LogP contribution in [0.4, 0.5) is 5.69 Å². The summed E-state index contributed by atoms with van der Waals surface area (Å²) in [5.74, 6) is 0.467. The molecule has 1 atom stereocenters. The highest BCUT2D eigenvalue weighted by Gasteiger charge is 2.42. The topological polar surface area (TPSA) is 83.7 Å². The van der Waals surface area contributed by atoms with Crippen LogP contribution in [0.3, 0.4) is 0 Å². The van der Waals surface area contributed by atoms with Crippen LogP contribution in [0, 0.1) is 11.3 Å². The Bertz CT molecular complexity index is 851. The molecule has 126 valence electrons. The lowest BCUT2D eigenvalue weighted by Gasteiger charge is -2.20. The van der Waals surface area contributed by atoms with Crippen LogP contribution in [-0.4, -0.2) is 24.3 Å². The molecule has 0 fully saturated rings. The van der Waals surface area contributed by atoms with Crippen LogP contribution in [0.15, 0.2) is 53.7 Å². The van der Waals surface area contributed by atoms with Crippen molar-refractivity contribution in [2.75, 3.05) is 12.4 Å². The second kappa shape index (κ2) is 6.65. The van der Waals surface area contributed by atoms with Crippen molar-refractivity contribution in [1.82, 2.24) is 0 Å². The van der Waals surface area contributed by atoms with Crippen LogP contribution in [0.5, 0.6) is 5.75 Å². The fourth-order valence-electron chi connectivity index (χ4n) is 2.49. The molecule has 0 aliphatic carbocycles. The van der Waals surface area contributed by atoms with Crippen LogP contribution in [-0.2, 0) is 9.63 Å². The summed E-state index contributed by atoms with van der Waals surface area (Å²) in [6.07, 6.45) is 0.363. The lowest BCUT2D eigenvalue weighted by molar-refractivity contribution is -0.135. The summed E-state index contributed by atoms with van der Waals surface area (Å²) in [5.41, 5.74) is 1.65. The van der Waals surface area contributed by atoms with Crippen LogP contribution < -0.4 is 10.1 Å². The molecule has 0 spiro atoms. The van der Waals surface area contributed by atoms with Crippen LogP contribution in [0.2, 0.25) is 0 Å². The maximum Gasteiger partial charge on any atom is 0.271 e. The lowest BCUT2D eigenvalue weighted by atomic mass is 9.95. The molecule has 1 unspecified atom stereocenters. The number of carbonyl (C=O) groups is 1. The molecule has 1 aliphatic heterocycles. The van der Waals surface area contributed by atoms with E-state index in [1.54, 1.807) is 38.3 Å². The van der Waals surface area contributed by atoms with Gasteiger partial charge >= 0.3 is 0 Å². The maximum atomic E-state index is 12.6. The Hall–Kier alpha value is -3.33. The summed E-state index contributed by atoms with van der Waals surface area (Å²) in [5, 5.41) is 15.7. The van der Waals surface area contributed by atoms with Crippen LogP contribution in [0.1, 0.15) is 24.5 Å². The van der Waals surface area contributed by atoms with Gasteiger partial charge in [-0.05, 0) is 61.0 Å². The normalized spacial score (nSPS) is 18.7. The number of rotatable bonds is 4. The average Bonchev–Trinajstić information content (AvgIpc) is 3.06. The van der Waals surface area contributed by atoms with Gasteiger partial charge in [0.05, 0.1) is 24.5 Å². The summed E-state index contributed by atoms with van der Waals surface area (Å²) in [6.45, 7) is 1.70. The first-order chi connectivity index (χ1) is 12.0. The van der Waals surface area contributed by atoms with E-state index in [1.807, 2.05) is 30.3 Å². The Morgan fingerprint density at radius 2 is 1.92 bits per heavy atom. The van der Waals surface area contributed by atoms with Gasteiger partial charge in [0.2, 0.25) is 5.60 Å². The minimum absolute atomic E-state index is 0.288. The number of anilines is 1. The number of nitrogens with one attached hydrogen (secondary N) is 1. The molecule has 25 heavy (non-hydrogen) atoms. The Labute approximate surface area is 145 Å². The Balaban J connectivity index is 1.68. The zero-order valence-electron chi connectivity index (χ0n) is 13.9. The molecular weight excluding hydrogens is 318 g/mol. The summed E-state index contributed by atoms with van der Waals surface area (Å²) in [7, 11) is 1.61. The fraction of sp³-hybridized carbons (Fsp3) is 0.211. The molecule has 0 aromatic heterocycles. The number of amides is 1. The van der Waals surface area contributed by atoms with Gasteiger partial charge in [-0.25, -0.2) is 0 Å².